The molecule has 0 bridgehead atoms. The van der Waals surface area contributed by atoms with Crippen LogP contribution in [0.15, 0.2) is 53.4 Å². The Bertz CT molecular complexity index is 1190. The third kappa shape index (κ3) is 7.56. The Morgan fingerprint density at radius 1 is 0.971 bits per heavy atom. The van der Waals surface area contributed by atoms with E-state index >= 15 is 0 Å². The van der Waals surface area contributed by atoms with E-state index in [1.54, 1.807) is 36.4 Å². The molecule has 1 amide bonds. The number of hydrogen-bond donors (Lipinski definition) is 1. The number of sulfonamides is 2. The van der Waals surface area contributed by atoms with E-state index in [9.17, 15) is 21.6 Å². The molecule has 11 nitrogen and oxygen atoms in total. The molecule has 35 heavy (non-hydrogen) atoms. The van der Waals surface area contributed by atoms with Gasteiger partial charge in [-0.3, -0.25) is 9.10 Å². The smallest absolute Gasteiger partial charge is 0.258 e. The average molecular weight is 528 g/mol. The Labute approximate surface area is 205 Å². The highest BCUT2D eigenvalue weighted by Gasteiger charge is 2.26. The first-order valence-electron chi connectivity index (χ1n) is 10.8. The van der Waals surface area contributed by atoms with Crippen molar-refractivity contribution in [1.29, 1.82) is 0 Å². The molecule has 0 unspecified atom stereocenters. The summed E-state index contributed by atoms with van der Waals surface area (Å²) < 4.78 is 67.1. The van der Waals surface area contributed by atoms with E-state index in [4.69, 9.17) is 14.2 Å². The number of nitrogens with zero attached hydrogens (tertiary/aromatic N) is 2. The van der Waals surface area contributed by atoms with Crippen molar-refractivity contribution in [2.45, 2.75) is 4.90 Å². The number of nitrogens with one attached hydrogen (secondary N) is 1. The highest BCUT2D eigenvalue weighted by Crippen LogP contribution is 2.21. The Hall–Kier alpha value is -2.87. The Kier molecular flexibility index (Phi) is 8.94. The fourth-order valence-electron chi connectivity index (χ4n) is 3.15. The fourth-order valence-corrected chi connectivity index (χ4v) is 5.06. The maximum absolute atomic E-state index is 12.6. The second kappa shape index (κ2) is 11.7. The van der Waals surface area contributed by atoms with Gasteiger partial charge in [0.15, 0.2) is 6.61 Å². The summed E-state index contributed by atoms with van der Waals surface area (Å²) in [7, 11) is -5.47. The lowest BCUT2D eigenvalue weighted by Crippen LogP contribution is -2.40. The number of rotatable bonds is 11. The summed E-state index contributed by atoms with van der Waals surface area (Å²) >= 11 is 0. The van der Waals surface area contributed by atoms with Crippen molar-refractivity contribution in [2.24, 2.45) is 0 Å². The van der Waals surface area contributed by atoms with Gasteiger partial charge in [0.25, 0.3) is 5.91 Å². The van der Waals surface area contributed by atoms with Gasteiger partial charge in [0, 0.05) is 20.1 Å². The SMILES string of the molecule is CN(c1ccc(OCC(=O)NCCOc2ccc(S(=O)(=O)N3CCOCC3)cc2)cc1)S(C)(=O)=O. The average Bonchev–Trinajstić information content (AvgIpc) is 2.85. The summed E-state index contributed by atoms with van der Waals surface area (Å²) in [6, 6.07) is 12.5. The number of benzene rings is 2. The lowest BCUT2D eigenvalue weighted by Gasteiger charge is -2.26. The van der Waals surface area contributed by atoms with Crippen molar-refractivity contribution in [2.75, 3.05) is 63.7 Å². The third-order valence-electron chi connectivity index (χ3n) is 5.19. The molecule has 0 spiro atoms. The molecule has 0 aliphatic carbocycles. The van der Waals surface area contributed by atoms with Crippen LogP contribution in [0.1, 0.15) is 0 Å². The van der Waals surface area contributed by atoms with Crippen LogP contribution in [0.25, 0.3) is 0 Å². The molecule has 1 aliphatic rings. The predicted molar refractivity (Wildman–Crippen MR) is 130 cm³/mol. The van der Waals surface area contributed by atoms with Crippen LogP contribution < -0.4 is 19.1 Å². The van der Waals surface area contributed by atoms with Gasteiger partial charge in [0.05, 0.1) is 36.6 Å². The van der Waals surface area contributed by atoms with E-state index in [0.29, 0.717) is 43.5 Å². The highest BCUT2D eigenvalue weighted by atomic mass is 32.2. The summed E-state index contributed by atoms with van der Waals surface area (Å²) in [6.07, 6.45) is 1.11. The summed E-state index contributed by atoms with van der Waals surface area (Å²) in [4.78, 5) is 12.2. The number of anilines is 1. The molecule has 0 radical (unpaired) electrons. The molecule has 2 aromatic carbocycles. The van der Waals surface area contributed by atoms with Crippen LogP contribution in [0.5, 0.6) is 11.5 Å². The molecule has 1 saturated heterocycles. The number of carbonyl (C=O) groups is 1. The molecular weight excluding hydrogens is 498 g/mol. The van der Waals surface area contributed by atoms with Crippen LogP contribution >= 0.6 is 0 Å². The van der Waals surface area contributed by atoms with Crippen molar-refractivity contribution in [3.8, 4) is 11.5 Å². The van der Waals surface area contributed by atoms with Gasteiger partial charge in [-0.25, -0.2) is 16.8 Å². The topological polar surface area (TPSA) is 132 Å². The van der Waals surface area contributed by atoms with Gasteiger partial charge in [0.2, 0.25) is 20.0 Å². The predicted octanol–water partition coefficient (Wildman–Crippen LogP) is 0.677. The van der Waals surface area contributed by atoms with Gasteiger partial charge in [0.1, 0.15) is 18.1 Å². The van der Waals surface area contributed by atoms with E-state index in [2.05, 4.69) is 5.32 Å². The summed E-state index contributed by atoms with van der Waals surface area (Å²) in [5.74, 6) is 0.558. The zero-order valence-corrected chi connectivity index (χ0v) is 21.2. The molecule has 1 fully saturated rings. The molecule has 0 atom stereocenters. The first-order chi connectivity index (χ1) is 16.6. The molecule has 0 aromatic heterocycles. The second-order valence-electron chi connectivity index (χ2n) is 7.70. The van der Waals surface area contributed by atoms with Gasteiger partial charge >= 0.3 is 0 Å². The lowest BCUT2D eigenvalue weighted by atomic mass is 10.3. The Balaban J connectivity index is 1.38. The molecule has 1 heterocycles. The maximum Gasteiger partial charge on any atom is 0.258 e. The summed E-state index contributed by atoms with van der Waals surface area (Å²) in [6.45, 7) is 1.63. The van der Waals surface area contributed by atoms with Gasteiger partial charge in [-0.05, 0) is 48.5 Å². The summed E-state index contributed by atoms with van der Waals surface area (Å²) in [5.41, 5.74) is 0.480. The third-order valence-corrected chi connectivity index (χ3v) is 8.31. The van der Waals surface area contributed by atoms with Crippen molar-refractivity contribution in [3.05, 3.63) is 48.5 Å². The van der Waals surface area contributed by atoms with Crippen LogP contribution in [0.2, 0.25) is 0 Å². The number of hydrogen-bond acceptors (Lipinski definition) is 8. The molecule has 192 valence electrons. The standard InChI is InChI=1S/C22H29N3O8S2/c1-24(34(2,27)28)18-3-5-20(6-4-18)33-17-22(26)23-11-14-32-19-7-9-21(10-8-19)35(29,30)25-12-15-31-16-13-25/h3-10H,11-17H2,1-2H3,(H,23,26). The molecule has 0 saturated carbocycles. The molecule has 3 rings (SSSR count). The molecular formula is C22H29N3O8S2. The maximum atomic E-state index is 12.6. The van der Waals surface area contributed by atoms with Crippen LogP contribution in [-0.4, -0.2) is 86.4 Å². The molecule has 2 aromatic rings. The molecule has 13 heteroatoms. The van der Waals surface area contributed by atoms with Crippen LogP contribution in [-0.2, 0) is 29.6 Å². The minimum absolute atomic E-state index is 0.188. The number of morpholine rings is 1. The molecule has 1 aliphatic heterocycles. The lowest BCUT2D eigenvalue weighted by molar-refractivity contribution is -0.123. The van der Waals surface area contributed by atoms with Crippen molar-refractivity contribution < 1.29 is 35.8 Å². The van der Waals surface area contributed by atoms with Gasteiger partial charge in [-0.1, -0.05) is 0 Å². The summed E-state index contributed by atoms with van der Waals surface area (Å²) in [5, 5.41) is 2.66. The number of ether oxygens (including phenoxy) is 3. The van der Waals surface area contributed by atoms with Crippen molar-refractivity contribution in [3.63, 3.8) is 0 Å². The fraction of sp³-hybridized carbons (Fsp3) is 0.409. The second-order valence-corrected chi connectivity index (χ2v) is 11.7. The number of amides is 1. The van der Waals surface area contributed by atoms with Gasteiger partial charge in [-0.2, -0.15) is 4.31 Å². The van der Waals surface area contributed by atoms with E-state index in [1.807, 2.05) is 0 Å². The van der Waals surface area contributed by atoms with E-state index in [-0.39, 0.29) is 30.6 Å². The Morgan fingerprint density at radius 3 is 2.14 bits per heavy atom. The zero-order valence-electron chi connectivity index (χ0n) is 19.5. The van der Waals surface area contributed by atoms with E-state index < -0.39 is 20.0 Å². The number of carbonyl (C=O) groups excluding carboxylic acids is 1. The highest BCUT2D eigenvalue weighted by molar-refractivity contribution is 7.92. The van der Waals surface area contributed by atoms with Gasteiger partial charge in [-0.15, -0.1) is 0 Å². The molecule has 1 N–H and O–H groups in total. The van der Waals surface area contributed by atoms with E-state index in [0.717, 1.165) is 10.6 Å². The van der Waals surface area contributed by atoms with Crippen LogP contribution in [0, 0.1) is 0 Å². The Morgan fingerprint density at radius 2 is 1.54 bits per heavy atom. The van der Waals surface area contributed by atoms with Crippen LogP contribution in [0.3, 0.4) is 0 Å². The van der Waals surface area contributed by atoms with Crippen molar-refractivity contribution >= 4 is 31.6 Å². The first-order valence-corrected chi connectivity index (χ1v) is 14.1. The zero-order chi connectivity index (χ0) is 25.5. The van der Waals surface area contributed by atoms with Gasteiger partial charge < -0.3 is 19.5 Å². The first kappa shape index (κ1) is 26.7. The minimum atomic E-state index is -3.56. The monoisotopic (exact) mass is 527 g/mol. The normalized spacial score (nSPS) is 14.8. The quantitative estimate of drug-likeness (QED) is 0.422. The van der Waals surface area contributed by atoms with Crippen molar-refractivity contribution in [1.82, 2.24) is 9.62 Å². The van der Waals surface area contributed by atoms with E-state index in [1.165, 1.54) is 23.5 Å². The largest absolute Gasteiger partial charge is 0.492 e. The minimum Gasteiger partial charge on any atom is -0.492 e. The van der Waals surface area contributed by atoms with Crippen LogP contribution in [0.4, 0.5) is 5.69 Å².